The molecule has 0 bridgehead atoms. The van der Waals surface area contributed by atoms with Gasteiger partial charge in [-0.3, -0.25) is 0 Å². The lowest BCUT2D eigenvalue weighted by Crippen LogP contribution is -2.50. The molecule has 7 nitrogen and oxygen atoms in total. The molecule has 2 amide bonds. The molecule has 0 saturated carbocycles. The molecule has 2 heterocycles. The number of hydrogen-bond acceptors (Lipinski definition) is 5. The Hall–Kier alpha value is -2.83. The van der Waals surface area contributed by atoms with Gasteiger partial charge < -0.3 is 20.0 Å². The van der Waals surface area contributed by atoms with Gasteiger partial charge in [-0.1, -0.05) is 19.1 Å². The third-order valence-corrected chi connectivity index (χ3v) is 5.23. The number of aryl methyl sites for hydroxylation is 1. The van der Waals surface area contributed by atoms with Crippen LogP contribution in [0.25, 0.3) is 0 Å². The molecule has 1 aromatic heterocycles. The van der Waals surface area contributed by atoms with E-state index in [0.717, 1.165) is 49.9 Å². The number of carbonyl (C=O) groups excluding carboxylic acids is 1. The summed E-state index contributed by atoms with van der Waals surface area (Å²) in [6.45, 7) is 11.0. The summed E-state index contributed by atoms with van der Waals surface area (Å²) in [5, 5.41) is 11.7. The largest absolute Gasteiger partial charge is 0.356 e. The van der Waals surface area contributed by atoms with Crippen molar-refractivity contribution in [2.24, 2.45) is 0 Å². The number of piperazine rings is 1. The highest BCUT2D eigenvalue weighted by molar-refractivity contribution is 5.89. The number of benzene rings is 1. The fourth-order valence-electron chi connectivity index (χ4n) is 3.37. The van der Waals surface area contributed by atoms with Crippen LogP contribution in [0.2, 0.25) is 0 Å². The summed E-state index contributed by atoms with van der Waals surface area (Å²) >= 11 is 0. The Labute approximate surface area is 167 Å². The molecule has 150 valence electrons. The molecule has 1 N–H and O–H groups in total. The number of nitrogens with one attached hydrogen (secondary N) is 1. The molecule has 0 unspecified atom stereocenters. The van der Waals surface area contributed by atoms with E-state index >= 15 is 0 Å². The first-order valence-corrected chi connectivity index (χ1v) is 10.1. The summed E-state index contributed by atoms with van der Waals surface area (Å²) in [5.74, 6) is 1.77. The van der Waals surface area contributed by atoms with Gasteiger partial charge in [0.25, 0.3) is 0 Å². The van der Waals surface area contributed by atoms with E-state index < -0.39 is 0 Å². The smallest absolute Gasteiger partial charge is 0.321 e. The van der Waals surface area contributed by atoms with Gasteiger partial charge in [-0.15, -0.1) is 10.2 Å². The minimum atomic E-state index is -0.0492. The van der Waals surface area contributed by atoms with Crippen molar-refractivity contribution in [1.82, 2.24) is 15.1 Å². The van der Waals surface area contributed by atoms with E-state index in [1.54, 1.807) is 0 Å². The number of nitrogens with zero attached hydrogens (tertiary/aromatic N) is 5. The second-order valence-corrected chi connectivity index (χ2v) is 6.88. The van der Waals surface area contributed by atoms with Gasteiger partial charge in [0.15, 0.2) is 11.6 Å². The van der Waals surface area contributed by atoms with Crippen LogP contribution in [0.3, 0.4) is 0 Å². The molecule has 0 spiro atoms. The van der Waals surface area contributed by atoms with Gasteiger partial charge in [0.2, 0.25) is 0 Å². The number of urea groups is 1. The van der Waals surface area contributed by atoms with Crippen molar-refractivity contribution in [1.29, 1.82) is 0 Å². The SMILES string of the molecule is CCc1ccc(NC(=O)N2CCN(c3ccc(N(CC)CC)nn3)CC2)cc1. The second-order valence-electron chi connectivity index (χ2n) is 6.88. The van der Waals surface area contributed by atoms with E-state index in [-0.39, 0.29) is 6.03 Å². The van der Waals surface area contributed by atoms with Crippen molar-refractivity contribution < 1.29 is 4.79 Å². The van der Waals surface area contributed by atoms with Gasteiger partial charge >= 0.3 is 6.03 Å². The standard InChI is InChI=1S/C21H30N6O/c1-4-17-7-9-18(10-8-17)22-21(28)27-15-13-26(14-16-27)20-12-11-19(23-24-20)25(5-2)6-3/h7-12H,4-6,13-16H2,1-3H3,(H,22,28). The minimum absolute atomic E-state index is 0.0492. The Morgan fingerprint density at radius 3 is 2.18 bits per heavy atom. The van der Waals surface area contributed by atoms with E-state index in [1.165, 1.54) is 5.56 Å². The van der Waals surface area contributed by atoms with Crippen LogP contribution >= 0.6 is 0 Å². The van der Waals surface area contributed by atoms with Gasteiger partial charge in [-0.05, 0) is 50.1 Å². The Kier molecular flexibility index (Phi) is 6.68. The number of aromatic nitrogens is 2. The maximum atomic E-state index is 12.5. The third kappa shape index (κ3) is 4.71. The first kappa shape index (κ1) is 19.9. The van der Waals surface area contributed by atoms with Crippen LogP contribution in [-0.4, -0.2) is 60.4 Å². The summed E-state index contributed by atoms with van der Waals surface area (Å²) in [6.07, 6.45) is 0.995. The van der Waals surface area contributed by atoms with Crippen LogP contribution in [0.1, 0.15) is 26.3 Å². The van der Waals surface area contributed by atoms with Crippen molar-refractivity contribution in [2.75, 3.05) is 54.4 Å². The topological polar surface area (TPSA) is 64.6 Å². The zero-order valence-corrected chi connectivity index (χ0v) is 17.1. The Morgan fingerprint density at radius 1 is 0.964 bits per heavy atom. The molecular formula is C21H30N6O. The van der Waals surface area contributed by atoms with E-state index in [9.17, 15) is 4.79 Å². The maximum absolute atomic E-state index is 12.5. The lowest BCUT2D eigenvalue weighted by Gasteiger charge is -2.35. The van der Waals surface area contributed by atoms with Gasteiger partial charge in [-0.2, -0.15) is 0 Å². The van der Waals surface area contributed by atoms with Gasteiger partial charge in [0, 0.05) is 45.0 Å². The van der Waals surface area contributed by atoms with Gasteiger partial charge in [0.05, 0.1) is 0 Å². The van der Waals surface area contributed by atoms with Gasteiger partial charge in [-0.25, -0.2) is 4.79 Å². The van der Waals surface area contributed by atoms with Crippen LogP contribution in [0.4, 0.5) is 22.1 Å². The first-order chi connectivity index (χ1) is 13.6. The highest BCUT2D eigenvalue weighted by Gasteiger charge is 2.22. The molecule has 7 heteroatoms. The van der Waals surface area contributed by atoms with E-state index in [1.807, 2.05) is 41.3 Å². The average molecular weight is 383 g/mol. The summed E-state index contributed by atoms with van der Waals surface area (Å²) in [6, 6.07) is 12.0. The zero-order chi connectivity index (χ0) is 19.9. The minimum Gasteiger partial charge on any atom is -0.356 e. The van der Waals surface area contributed by atoms with Crippen LogP contribution in [0.15, 0.2) is 36.4 Å². The summed E-state index contributed by atoms with van der Waals surface area (Å²) < 4.78 is 0. The van der Waals surface area contributed by atoms with Gasteiger partial charge in [0.1, 0.15) is 0 Å². The normalized spacial score (nSPS) is 14.1. The summed E-state index contributed by atoms with van der Waals surface area (Å²) in [5.41, 5.74) is 2.10. The molecule has 0 aliphatic carbocycles. The lowest BCUT2D eigenvalue weighted by atomic mass is 10.1. The fraction of sp³-hybridized carbons (Fsp3) is 0.476. The molecule has 2 aromatic rings. The molecule has 1 fully saturated rings. The number of amides is 2. The molecule has 0 atom stereocenters. The summed E-state index contributed by atoms with van der Waals surface area (Å²) in [7, 11) is 0. The van der Waals surface area contributed by atoms with E-state index in [4.69, 9.17) is 0 Å². The number of hydrogen-bond donors (Lipinski definition) is 1. The molecule has 1 saturated heterocycles. The lowest BCUT2D eigenvalue weighted by molar-refractivity contribution is 0.208. The molecule has 1 aliphatic rings. The zero-order valence-electron chi connectivity index (χ0n) is 17.1. The van der Waals surface area contributed by atoms with Crippen molar-refractivity contribution in [3.8, 4) is 0 Å². The molecule has 1 aromatic carbocycles. The number of rotatable bonds is 6. The molecule has 1 aliphatic heterocycles. The highest BCUT2D eigenvalue weighted by atomic mass is 16.2. The van der Waals surface area contributed by atoms with Crippen molar-refractivity contribution >= 4 is 23.4 Å². The second kappa shape index (κ2) is 9.39. The monoisotopic (exact) mass is 382 g/mol. The van der Waals surface area contributed by atoms with Crippen LogP contribution < -0.4 is 15.1 Å². The quantitative estimate of drug-likeness (QED) is 0.831. The van der Waals surface area contributed by atoms with Crippen molar-refractivity contribution in [3.63, 3.8) is 0 Å². The van der Waals surface area contributed by atoms with Crippen molar-refractivity contribution in [2.45, 2.75) is 27.2 Å². The summed E-state index contributed by atoms with van der Waals surface area (Å²) in [4.78, 5) is 18.7. The Bertz CT molecular complexity index is 749. The Morgan fingerprint density at radius 2 is 1.64 bits per heavy atom. The van der Waals surface area contributed by atoms with E-state index in [0.29, 0.717) is 13.1 Å². The predicted octanol–water partition coefficient (Wildman–Crippen LogP) is 3.24. The fourth-order valence-corrected chi connectivity index (χ4v) is 3.37. The Balaban J connectivity index is 1.52. The molecule has 0 radical (unpaired) electrons. The predicted molar refractivity (Wildman–Crippen MR) is 114 cm³/mol. The molecule has 28 heavy (non-hydrogen) atoms. The van der Waals surface area contributed by atoms with Crippen LogP contribution in [-0.2, 0) is 6.42 Å². The van der Waals surface area contributed by atoms with Crippen LogP contribution in [0.5, 0.6) is 0 Å². The van der Waals surface area contributed by atoms with Crippen LogP contribution in [0, 0.1) is 0 Å². The first-order valence-electron chi connectivity index (χ1n) is 10.1. The number of carbonyl (C=O) groups is 1. The van der Waals surface area contributed by atoms with Crippen molar-refractivity contribution in [3.05, 3.63) is 42.0 Å². The van der Waals surface area contributed by atoms with E-state index in [2.05, 4.69) is 46.1 Å². The average Bonchev–Trinajstić information content (AvgIpc) is 2.76. The highest BCUT2D eigenvalue weighted by Crippen LogP contribution is 2.17. The third-order valence-electron chi connectivity index (χ3n) is 5.23. The maximum Gasteiger partial charge on any atom is 0.321 e. The molecule has 3 rings (SSSR count). The number of anilines is 3. The molecular weight excluding hydrogens is 352 g/mol.